The van der Waals surface area contributed by atoms with Gasteiger partial charge in [-0.05, 0) is 55.2 Å². The second-order valence-corrected chi connectivity index (χ2v) is 8.99. The minimum atomic E-state index is -0.425. The Morgan fingerprint density at radius 3 is 2.48 bits per heavy atom. The van der Waals surface area contributed by atoms with Crippen molar-refractivity contribution < 1.29 is 9.53 Å². The molecule has 0 spiro atoms. The van der Waals surface area contributed by atoms with Gasteiger partial charge in [0.2, 0.25) is 5.91 Å². The fourth-order valence-corrected chi connectivity index (χ4v) is 5.39. The number of piperidine rings is 1. The number of ether oxygens (including phenoxy) is 1. The molecule has 5 rings (SSSR count). The van der Waals surface area contributed by atoms with Crippen LogP contribution in [-0.2, 0) is 21.4 Å². The van der Waals surface area contributed by atoms with E-state index in [1.165, 1.54) is 10.9 Å². The number of nitrogens with zero attached hydrogens (tertiary/aromatic N) is 2. The van der Waals surface area contributed by atoms with Crippen LogP contribution < -0.4 is 0 Å². The van der Waals surface area contributed by atoms with E-state index in [9.17, 15) is 4.79 Å². The molecule has 0 N–H and O–H groups in total. The topological polar surface area (TPSA) is 42.4 Å². The highest BCUT2D eigenvalue weighted by atomic mass is 16.5. The number of carbonyl (C=O) groups excluding carboxylic acids is 1. The van der Waals surface area contributed by atoms with Gasteiger partial charge in [0.1, 0.15) is 0 Å². The fourth-order valence-electron chi connectivity index (χ4n) is 5.39. The third-order valence-electron chi connectivity index (χ3n) is 7.21. The van der Waals surface area contributed by atoms with Crippen LogP contribution in [0.2, 0.25) is 0 Å². The lowest BCUT2D eigenvalue weighted by molar-refractivity contribution is -0.142. The van der Waals surface area contributed by atoms with Crippen LogP contribution in [-0.4, -0.2) is 42.1 Å². The van der Waals surface area contributed by atoms with Crippen LogP contribution in [0.4, 0.5) is 0 Å². The molecule has 0 saturated carbocycles. The zero-order valence-electron chi connectivity index (χ0n) is 18.0. The number of para-hydroxylation sites is 1. The molecule has 0 atom stereocenters. The monoisotopic (exact) mass is 414 g/mol. The molecule has 2 aromatic carbocycles. The molecule has 2 aliphatic rings. The van der Waals surface area contributed by atoms with E-state index in [2.05, 4.69) is 46.3 Å². The number of amides is 1. The number of carbonyl (C=O) groups is 1. The van der Waals surface area contributed by atoms with Gasteiger partial charge in [-0.15, -0.1) is 0 Å². The SMILES string of the molecule is O=C(N1CCC(Cc2cccc3cccnc23)CC1)C1(c2ccccc2)CCOCC1. The largest absolute Gasteiger partial charge is 0.381 e. The summed E-state index contributed by atoms with van der Waals surface area (Å²) in [5, 5.41) is 1.21. The first-order valence-corrected chi connectivity index (χ1v) is 11.5. The number of pyridine rings is 1. The third kappa shape index (κ3) is 3.97. The van der Waals surface area contributed by atoms with E-state index in [4.69, 9.17) is 4.74 Å². The molecule has 31 heavy (non-hydrogen) atoms. The summed E-state index contributed by atoms with van der Waals surface area (Å²) in [7, 11) is 0. The molecular formula is C27H30N2O2. The van der Waals surface area contributed by atoms with Gasteiger partial charge in [-0.25, -0.2) is 0 Å². The third-order valence-corrected chi connectivity index (χ3v) is 7.21. The van der Waals surface area contributed by atoms with Gasteiger partial charge < -0.3 is 9.64 Å². The Kier molecular flexibility index (Phi) is 5.73. The van der Waals surface area contributed by atoms with Gasteiger partial charge >= 0.3 is 0 Å². The summed E-state index contributed by atoms with van der Waals surface area (Å²) >= 11 is 0. The van der Waals surface area contributed by atoms with Gasteiger partial charge in [0.25, 0.3) is 0 Å². The number of rotatable bonds is 4. The van der Waals surface area contributed by atoms with Gasteiger partial charge in [0.15, 0.2) is 0 Å². The smallest absolute Gasteiger partial charge is 0.233 e. The summed E-state index contributed by atoms with van der Waals surface area (Å²) in [6.07, 6.45) is 6.57. The van der Waals surface area contributed by atoms with Crippen molar-refractivity contribution in [1.82, 2.24) is 9.88 Å². The summed E-state index contributed by atoms with van der Waals surface area (Å²) in [4.78, 5) is 20.5. The van der Waals surface area contributed by atoms with Gasteiger partial charge in [0.05, 0.1) is 10.9 Å². The first-order chi connectivity index (χ1) is 15.3. The first kappa shape index (κ1) is 20.2. The molecule has 4 heteroatoms. The number of hydrogen-bond donors (Lipinski definition) is 0. The van der Waals surface area contributed by atoms with Crippen LogP contribution in [0.15, 0.2) is 66.9 Å². The molecule has 3 heterocycles. The van der Waals surface area contributed by atoms with Crippen molar-refractivity contribution in [3.63, 3.8) is 0 Å². The number of fused-ring (bicyclic) bond motifs is 1. The molecule has 0 bridgehead atoms. The first-order valence-electron chi connectivity index (χ1n) is 11.5. The summed E-state index contributed by atoms with van der Waals surface area (Å²) < 4.78 is 5.63. The van der Waals surface area contributed by atoms with Crippen molar-refractivity contribution in [2.75, 3.05) is 26.3 Å². The fraction of sp³-hybridized carbons (Fsp3) is 0.407. The van der Waals surface area contributed by atoms with E-state index >= 15 is 0 Å². The maximum Gasteiger partial charge on any atom is 0.233 e. The van der Waals surface area contributed by atoms with Crippen LogP contribution in [0, 0.1) is 5.92 Å². The lowest BCUT2D eigenvalue weighted by atomic mass is 9.72. The molecule has 1 aromatic heterocycles. The lowest BCUT2D eigenvalue weighted by Gasteiger charge is -2.42. The molecule has 1 amide bonds. The molecular weight excluding hydrogens is 384 g/mol. The van der Waals surface area contributed by atoms with Gasteiger partial charge in [0, 0.05) is 37.9 Å². The molecule has 0 aliphatic carbocycles. The Bertz CT molecular complexity index is 1030. The lowest BCUT2D eigenvalue weighted by Crippen LogP contribution is -2.52. The quantitative estimate of drug-likeness (QED) is 0.618. The molecule has 2 saturated heterocycles. The van der Waals surface area contributed by atoms with E-state index in [0.29, 0.717) is 25.0 Å². The van der Waals surface area contributed by atoms with E-state index in [1.54, 1.807) is 0 Å². The highest BCUT2D eigenvalue weighted by molar-refractivity contribution is 5.88. The highest BCUT2D eigenvalue weighted by Crippen LogP contribution is 2.38. The van der Waals surface area contributed by atoms with Crippen molar-refractivity contribution in [2.24, 2.45) is 5.92 Å². The Morgan fingerprint density at radius 1 is 0.968 bits per heavy atom. The predicted octanol–water partition coefficient (Wildman–Crippen LogP) is 4.76. The van der Waals surface area contributed by atoms with Gasteiger partial charge in [-0.2, -0.15) is 0 Å². The van der Waals surface area contributed by atoms with Crippen LogP contribution in [0.5, 0.6) is 0 Å². The zero-order valence-corrected chi connectivity index (χ0v) is 18.0. The summed E-state index contributed by atoms with van der Waals surface area (Å²) in [5.74, 6) is 0.895. The number of likely N-dealkylation sites (tertiary alicyclic amines) is 1. The average Bonchev–Trinajstić information content (AvgIpc) is 2.85. The van der Waals surface area contributed by atoms with Gasteiger partial charge in [-0.1, -0.05) is 54.6 Å². The second-order valence-electron chi connectivity index (χ2n) is 8.99. The predicted molar refractivity (Wildman–Crippen MR) is 123 cm³/mol. The van der Waals surface area contributed by atoms with Crippen molar-refractivity contribution in [1.29, 1.82) is 0 Å². The van der Waals surface area contributed by atoms with Crippen molar-refractivity contribution in [2.45, 2.75) is 37.5 Å². The molecule has 160 valence electrons. The summed E-state index contributed by atoms with van der Waals surface area (Å²) in [5.41, 5.74) is 3.17. The molecule has 4 nitrogen and oxygen atoms in total. The maximum absolute atomic E-state index is 13.8. The molecule has 0 radical (unpaired) electrons. The summed E-state index contributed by atoms with van der Waals surface area (Å²) in [6, 6.07) is 20.9. The Labute approximate surface area is 184 Å². The minimum absolute atomic E-state index is 0.298. The molecule has 3 aromatic rings. The highest BCUT2D eigenvalue weighted by Gasteiger charge is 2.44. The second kappa shape index (κ2) is 8.80. The molecule has 2 aliphatic heterocycles. The van der Waals surface area contributed by atoms with Crippen LogP contribution in [0.25, 0.3) is 10.9 Å². The van der Waals surface area contributed by atoms with Gasteiger partial charge in [-0.3, -0.25) is 9.78 Å². The van der Waals surface area contributed by atoms with Crippen LogP contribution >= 0.6 is 0 Å². The van der Waals surface area contributed by atoms with Crippen LogP contribution in [0.3, 0.4) is 0 Å². The summed E-state index contributed by atoms with van der Waals surface area (Å²) in [6.45, 7) is 3.00. The van der Waals surface area contributed by atoms with Crippen molar-refractivity contribution in [3.05, 3.63) is 78.0 Å². The van der Waals surface area contributed by atoms with Crippen molar-refractivity contribution >= 4 is 16.8 Å². The van der Waals surface area contributed by atoms with E-state index in [-0.39, 0.29) is 0 Å². The van der Waals surface area contributed by atoms with E-state index in [1.807, 2.05) is 30.5 Å². The maximum atomic E-state index is 13.8. The van der Waals surface area contributed by atoms with E-state index < -0.39 is 5.41 Å². The Morgan fingerprint density at radius 2 is 1.71 bits per heavy atom. The van der Waals surface area contributed by atoms with Crippen molar-refractivity contribution in [3.8, 4) is 0 Å². The average molecular weight is 415 g/mol. The Hall–Kier alpha value is -2.72. The normalized spacial score (nSPS) is 19.4. The minimum Gasteiger partial charge on any atom is -0.381 e. The standard InChI is InChI=1S/C27H30N2O2/c30-26(27(13-18-31-19-14-27)24-9-2-1-3-10-24)29-16-11-21(12-17-29)20-23-7-4-6-22-8-5-15-28-25(22)23/h1-10,15,21H,11-14,16-20H2. The van der Waals surface area contributed by atoms with Crippen LogP contribution in [0.1, 0.15) is 36.8 Å². The molecule has 2 fully saturated rings. The van der Waals surface area contributed by atoms with E-state index in [0.717, 1.165) is 56.3 Å². The number of aromatic nitrogens is 1. The number of hydrogen-bond acceptors (Lipinski definition) is 3. The number of benzene rings is 2. The molecule has 0 unspecified atom stereocenters. The Balaban J connectivity index is 1.29. The zero-order chi connectivity index (χ0) is 21.1.